The second-order valence-electron chi connectivity index (χ2n) is 2.92. The predicted molar refractivity (Wildman–Crippen MR) is 47.2 cm³/mol. The normalized spacial score (nSPS) is 12.5. The van der Waals surface area contributed by atoms with Gasteiger partial charge in [-0.05, 0) is 25.0 Å². The zero-order valence-electron chi connectivity index (χ0n) is 7.24. The van der Waals surface area contributed by atoms with Crippen LogP contribution in [0.5, 0.6) is 0 Å². The van der Waals surface area contributed by atoms with Crippen LogP contribution in [0.15, 0.2) is 24.3 Å². The average Bonchev–Trinajstić information content (AvgIpc) is 2.04. The first kappa shape index (κ1) is 8.78. The highest BCUT2D eigenvalue weighted by atomic mass is 16.4. The maximum absolute atomic E-state index is 10.7. The predicted octanol–water partition coefficient (Wildman–Crippen LogP) is 2.18. The van der Waals surface area contributed by atoms with Crippen LogP contribution in [0.2, 0.25) is 0 Å². The van der Waals surface area contributed by atoms with Crippen LogP contribution in [0.3, 0.4) is 0 Å². The first-order valence-corrected chi connectivity index (χ1v) is 3.91. The van der Waals surface area contributed by atoms with Crippen molar-refractivity contribution in [1.82, 2.24) is 0 Å². The van der Waals surface area contributed by atoms with Gasteiger partial charge in [0.2, 0.25) is 0 Å². The maximum Gasteiger partial charge on any atom is 0.310 e. The lowest BCUT2D eigenvalue weighted by Gasteiger charge is -2.08. The molecule has 1 N–H and O–H groups in total. The lowest BCUT2D eigenvalue weighted by atomic mass is 9.97. The maximum atomic E-state index is 10.7. The quantitative estimate of drug-likeness (QED) is 0.727. The molecule has 0 unspecified atom stereocenters. The van der Waals surface area contributed by atoms with E-state index in [1.807, 2.05) is 31.2 Å². The molecule has 0 fully saturated rings. The Labute approximate surface area is 71.8 Å². The van der Waals surface area contributed by atoms with Gasteiger partial charge in [-0.1, -0.05) is 24.3 Å². The molecule has 0 aliphatic rings. The molecule has 2 heteroatoms. The van der Waals surface area contributed by atoms with E-state index in [9.17, 15) is 4.79 Å². The number of benzene rings is 1. The molecule has 1 atom stereocenters. The fourth-order valence-corrected chi connectivity index (χ4v) is 1.21. The standard InChI is InChI=1S/C10H12O2/c1-7-5-3-4-6-9(7)8(2)10(11)12/h3-6,8H,1-2H3,(H,11,12)/t8-/m1/s1. The molecule has 0 bridgehead atoms. The lowest BCUT2D eigenvalue weighted by Crippen LogP contribution is -2.08. The summed E-state index contributed by atoms with van der Waals surface area (Å²) in [4.78, 5) is 10.7. The van der Waals surface area contributed by atoms with E-state index < -0.39 is 11.9 Å². The average molecular weight is 164 g/mol. The van der Waals surface area contributed by atoms with Crippen LogP contribution in [0.25, 0.3) is 0 Å². The summed E-state index contributed by atoms with van der Waals surface area (Å²) in [5.74, 6) is -1.18. The van der Waals surface area contributed by atoms with Crippen molar-refractivity contribution >= 4 is 5.97 Å². The third kappa shape index (κ3) is 1.64. The van der Waals surface area contributed by atoms with Crippen molar-refractivity contribution in [3.8, 4) is 0 Å². The minimum atomic E-state index is -0.774. The molecule has 1 aromatic carbocycles. The molecule has 0 heterocycles. The van der Waals surface area contributed by atoms with Crippen LogP contribution >= 0.6 is 0 Å². The summed E-state index contributed by atoms with van der Waals surface area (Å²) in [6.45, 7) is 3.62. The van der Waals surface area contributed by atoms with E-state index in [2.05, 4.69) is 0 Å². The first-order chi connectivity index (χ1) is 5.63. The van der Waals surface area contributed by atoms with Gasteiger partial charge in [0.1, 0.15) is 0 Å². The van der Waals surface area contributed by atoms with Crippen molar-refractivity contribution in [2.45, 2.75) is 19.8 Å². The summed E-state index contributed by atoms with van der Waals surface area (Å²) in [7, 11) is 0. The molecular weight excluding hydrogens is 152 g/mol. The van der Waals surface area contributed by atoms with E-state index in [0.717, 1.165) is 11.1 Å². The van der Waals surface area contributed by atoms with Gasteiger partial charge in [0.25, 0.3) is 0 Å². The fourth-order valence-electron chi connectivity index (χ4n) is 1.21. The zero-order valence-corrected chi connectivity index (χ0v) is 7.24. The molecule has 1 aromatic rings. The molecule has 0 aliphatic heterocycles. The Kier molecular flexibility index (Phi) is 2.48. The van der Waals surface area contributed by atoms with Crippen LogP contribution in [0, 0.1) is 6.92 Å². The third-order valence-corrected chi connectivity index (χ3v) is 2.03. The second kappa shape index (κ2) is 3.39. The molecule has 0 saturated heterocycles. The number of carboxylic acids is 1. The van der Waals surface area contributed by atoms with Gasteiger partial charge in [-0.25, -0.2) is 0 Å². The number of hydrogen-bond acceptors (Lipinski definition) is 1. The van der Waals surface area contributed by atoms with Crippen molar-refractivity contribution in [2.24, 2.45) is 0 Å². The summed E-state index contributed by atoms with van der Waals surface area (Å²) in [6, 6.07) is 7.55. The Hall–Kier alpha value is -1.31. The van der Waals surface area contributed by atoms with Gasteiger partial charge in [0.05, 0.1) is 5.92 Å². The van der Waals surface area contributed by atoms with Gasteiger partial charge in [0, 0.05) is 0 Å². The van der Waals surface area contributed by atoms with Crippen molar-refractivity contribution in [1.29, 1.82) is 0 Å². The molecule has 0 aliphatic carbocycles. The number of aryl methyl sites for hydroxylation is 1. The molecule has 64 valence electrons. The van der Waals surface area contributed by atoms with E-state index in [4.69, 9.17) is 5.11 Å². The van der Waals surface area contributed by atoms with E-state index in [-0.39, 0.29) is 0 Å². The summed E-state index contributed by atoms with van der Waals surface area (Å²) >= 11 is 0. The molecular formula is C10H12O2. The number of hydrogen-bond donors (Lipinski definition) is 1. The number of rotatable bonds is 2. The SMILES string of the molecule is Cc1ccccc1[C@@H](C)C(=O)O. The Bertz CT molecular complexity index is 292. The summed E-state index contributed by atoms with van der Waals surface area (Å²) in [5, 5.41) is 8.76. The highest BCUT2D eigenvalue weighted by molar-refractivity contribution is 5.76. The van der Waals surface area contributed by atoms with Crippen LogP contribution in [0.1, 0.15) is 24.0 Å². The third-order valence-electron chi connectivity index (χ3n) is 2.03. The number of aliphatic carboxylic acids is 1. The highest BCUT2D eigenvalue weighted by Gasteiger charge is 2.14. The van der Waals surface area contributed by atoms with Crippen LogP contribution < -0.4 is 0 Å². The molecule has 2 nitrogen and oxygen atoms in total. The Balaban J connectivity index is 3.02. The van der Waals surface area contributed by atoms with E-state index in [1.54, 1.807) is 6.92 Å². The van der Waals surface area contributed by atoms with Gasteiger partial charge < -0.3 is 5.11 Å². The van der Waals surface area contributed by atoms with Crippen molar-refractivity contribution in [3.05, 3.63) is 35.4 Å². The van der Waals surface area contributed by atoms with Crippen LogP contribution in [-0.2, 0) is 4.79 Å². The molecule has 12 heavy (non-hydrogen) atoms. The first-order valence-electron chi connectivity index (χ1n) is 3.91. The minimum absolute atomic E-state index is 0.411. The molecule has 0 radical (unpaired) electrons. The van der Waals surface area contributed by atoms with Gasteiger partial charge in [-0.3, -0.25) is 4.79 Å². The monoisotopic (exact) mass is 164 g/mol. The molecule has 0 aromatic heterocycles. The highest BCUT2D eigenvalue weighted by Crippen LogP contribution is 2.18. The van der Waals surface area contributed by atoms with E-state index in [1.165, 1.54) is 0 Å². The van der Waals surface area contributed by atoms with Gasteiger partial charge in [-0.15, -0.1) is 0 Å². The van der Waals surface area contributed by atoms with Gasteiger partial charge >= 0.3 is 5.97 Å². The molecule has 0 saturated carbocycles. The molecule has 1 rings (SSSR count). The fraction of sp³-hybridized carbons (Fsp3) is 0.300. The molecule has 0 spiro atoms. The van der Waals surface area contributed by atoms with Gasteiger partial charge in [0.15, 0.2) is 0 Å². The van der Waals surface area contributed by atoms with E-state index in [0.29, 0.717) is 0 Å². The Morgan fingerprint density at radius 1 is 1.42 bits per heavy atom. The van der Waals surface area contributed by atoms with Crippen molar-refractivity contribution in [3.63, 3.8) is 0 Å². The summed E-state index contributed by atoms with van der Waals surface area (Å²) in [6.07, 6.45) is 0. The molecule has 0 amide bonds. The second-order valence-corrected chi connectivity index (χ2v) is 2.92. The van der Waals surface area contributed by atoms with Crippen molar-refractivity contribution in [2.75, 3.05) is 0 Å². The Morgan fingerprint density at radius 2 is 2.00 bits per heavy atom. The summed E-state index contributed by atoms with van der Waals surface area (Å²) in [5.41, 5.74) is 1.93. The van der Waals surface area contributed by atoms with Crippen molar-refractivity contribution < 1.29 is 9.90 Å². The zero-order chi connectivity index (χ0) is 9.14. The number of carbonyl (C=O) groups is 1. The smallest absolute Gasteiger partial charge is 0.310 e. The Morgan fingerprint density at radius 3 is 2.50 bits per heavy atom. The topological polar surface area (TPSA) is 37.3 Å². The number of carboxylic acid groups (broad SMARTS) is 1. The van der Waals surface area contributed by atoms with Gasteiger partial charge in [-0.2, -0.15) is 0 Å². The van der Waals surface area contributed by atoms with Crippen LogP contribution in [0.4, 0.5) is 0 Å². The van der Waals surface area contributed by atoms with Crippen LogP contribution in [-0.4, -0.2) is 11.1 Å². The summed E-state index contributed by atoms with van der Waals surface area (Å²) < 4.78 is 0. The minimum Gasteiger partial charge on any atom is -0.481 e. The van der Waals surface area contributed by atoms with E-state index >= 15 is 0 Å². The largest absolute Gasteiger partial charge is 0.481 e. The lowest BCUT2D eigenvalue weighted by molar-refractivity contribution is -0.138.